The van der Waals surface area contributed by atoms with E-state index in [-0.39, 0.29) is 5.91 Å². The van der Waals surface area contributed by atoms with Gasteiger partial charge in [-0.15, -0.1) is 11.3 Å². The van der Waals surface area contributed by atoms with Crippen molar-refractivity contribution in [2.45, 2.75) is 26.2 Å². The molecule has 26 heavy (non-hydrogen) atoms. The lowest BCUT2D eigenvalue weighted by atomic mass is 9.99. The highest BCUT2D eigenvalue weighted by Gasteiger charge is 2.19. The number of para-hydroxylation sites is 1. The SMILES string of the molecule is Cc1ccc2c(c1)CCCN2CC(=O)NCCc1nc2ccccc2s1. The van der Waals surface area contributed by atoms with Crippen molar-refractivity contribution in [3.63, 3.8) is 0 Å². The molecule has 0 fully saturated rings. The first kappa shape index (κ1) is 17.0. The predicted molar refractivity (Wildman–Crippen MR) is 108 cm³/mol. The molecular formula is C21H23N3OS. The number of nitrogens with one attached hydrogen (secondary N) is 1. The Balaban J connectivity index is 1.32. The number of benzene rings is 2. The van der Waals surface area contributed by atoms with E-state index >= 15 is 0 Å². The standard InChI is InChI=1S/C21H23N3OS/c1-15-8-9-18-16(13-15)5-4-12-24(18)14-20(25)22-11-10-21-23-17-6-2-3-7-19(17)26-21/h2-3,6-9,13H,4-5,10-12,14H2,1H3,(H,22,25). The molecule has 2 aromatic carbocycles. The zero-order valence-corrected chi connectivity index (χ0v) is 15.8. The number of hydrogen-bond acceptors (Lipinski definition) is 4. The van der Waals surface area contributed by atoms with Crippen LogP contribution in [-0.2, 0) is 17.6 Å². The van der Waals surface area contributed by atoms with Gasteiger partial charge in [-0.05, 0) is 43.5 Å². The van der Waals surface area contributed by atoms with E-state index in [2.05, 4.69) is 46.4 Å². The van der Waals surface area contributed by atoms with Crippen molar-refractivity contribution in [2.75, 3.05) is 24.5 Å². The maximum atomic E-state index is 12.4. The first-order valence-corrected chi connectivity index (χ1v) is 9.96. The molecule has 4 rings (SSSR count). The number of amides is 1. The van der Waals surface area contributed by atoms with E-state index in [0.717, 1.165) is 36.3 Å². The lowest BCUT2D eigenvalue weighted by Gasteiger charge is -2.31. The zero-order valence-electron chi connectivity index (χ0n) is 15.0. The number of hydrogen-bond donors (Lipinski definition) is 1. The quantitative estimate of drug-likeness (QED) is 0.750. The third-order valence-corrected chi connectivity index (χ3v) is 5.88. The molecular weight excluding hydrogens is 342 g/mol. The molecule has 4 nitrogen and oxygen atoms in total. The number of carbonyl (C=O) groups is 1. The van der Waals surface area contributed by atoms with Crippen LogP contribution in [0.5, 0.6) is 0 Å². The minimum absolute atomic E-state index is 0.0829. The first-order valence-electron chi connectivity index (χ1n) is 9.15. The Morgan fingerprint density at radius 3 is 3.04 bits per heavy atom. The number of carbonyl (C=O) groups excluding carboxylic acids is 1. The Hall–Kier alpha value is -2.40. The van der Waals surface area contributed by atoms with Gasteiger partial charge < -0.3 is 10.2 Å². The Morgan fingerprint density at radius 1 is 1.27 bits per heavy atom. The summed E-state index contributed by atoms with van der Waals surface area (Å²) in [5.74, 6) is 0.0829. The van der Waals surface area contributed by atoms with Crippen LogP contribution in [0.1, 0.15) is 22.6 Å². The number of aromatic nitrogens is 1. The Kier molecular flexibility index (Phi) is 4.89. The van der Waals surface area contributed by atoms with Gasteiger partial charge in [-0.1, -0.05) is 29.8 Å². The van der Waals surface area contributed by atoms with Crippen LogP contribution in [0.3, 0.4) is 0 Å². The van der Waals surface area contributed by atoms with Gasteiger partial charge in [-0.2, -0.15) is 0 Å². The van der Waals surface area contributed by atoms with E-state index in [0.29, 0.717) is 13.1 Å². The fourth-order valence-corrected chi connectivity index (χ4v) is 4.50. The molecule has 0 saturated carbocycles. The number of fused-ring (bicyclic) bond motifs is 2. The second-order valence-corrected chi connectivity index (χ2v) is 7.95. The van der Waals surface area contributed by atoms with Gasteiger partial charge in [-0.25, -0.2) is 4.98 Å². The molecule has 0 bridgehead atoms. The van der Waals surface area contributed by atoms with Crippen LogP contribution in [0.4, 0.5) is 5.69 Å². The van der Waals surface area contributed by atoms with Gasteiger partial charge in [0.2, 0.25) is 5.91 Å². The van der Waals surface area contributed by atoms with Crippen LogP contribution in [0.25, 0.3) is 10.2 Å². The third kappa shape index (κ3) is 3.73. The van der Waals surface area contributed by atoms with Crippen LogP contribution < -0.4 is 10.2 Å². The van der Waals surface area contributed by atoms with Crippen LogP contribution in [0.15, 0.2) is 42.5 Å². The van der Waals surface area contributed by atoms with Gasteiger partial charge >= 0.3 is 0 Å². The molecule has 1 aliphatic rings. The molecule has 1 aromatic heterocycles. The van der Waals surface area contributed by atoms with Crippen LogP contribution in [0, 0.1) is 6.92 Å². The average Bonchev–Trinajstić information content (AvgIpc) is 3.04. The molecule has 5 heteroatoms. The normalized spacial score (nSPS) is 13.7. The van der Waals surface area contributed by atoms with Gasteiger partial charge in [-0.3, -0.25) is 4.79 Å². The Bertz CT molecular complexity index is 901. The van der Waals surface area contributed by atoms with Crippen molar-refractivity contribution in [1.29, 1.82) is 0 Å². The van der Waals surface area contributed by atoms with Gasteiger partial charge in [0.1, 0.15) is 0 Å². The van der Waals surface area contributed by atoms with Crippen molar-refractivity contribution < 1.29 is 4.79 Å². The first-order chi connectivity index (χ1) is 12.7. The molecule has 1 amide bonds. The lowest BCUT2D eigenvalue weighted by molar-refractivity contribution is -0.119. The second-order valence-electron chi connectivity index (χ2n) is 6.83. The molecule has 0 spiro atoms. The molecule has 3 aromatic rings. The minimum Gasteiger partial charge on any atom is -0.362 e. The minimum atomic E-state index is 0.0829. The maximum Gasteiger partial charge on any atom is 0.239 e. The summed E-state index contributed by atoms with van der Waals surface area (Å²) in [6, 6.07) is 14.7. The highest BCUT2D eigenvalue weighted by molar-refractivity contribution is 7.18. The summed E-state index contributed by atoms with van der Waals surface area (Å²) in [7, 11) is 0. The number of anilines is 1. The van der Waals surface area contributed by atoms with Gasteiger partial charge in [0.15, 0.2) is 0 Å². The highest BCUT2D eigenvalue weighted by Crippen LogP contribution is 2.27. The van der Waals surface area contributed by atoms with E-state index in [1.165, 1.54) is 21.5 Å². The molecule has 0 aliphatic carbocycles. The summed E-state index contributed by atoms with van der Waals surface area (Å²) in [4.78, 5) is 19.2. The van der Waals surface area contributed by atoms with Gasteiger partial charge in [0, 0.05) is 25.2 Å². The zero-order chi connectivity index (χ0) is 17.9. The topological polar surface area (TPSA) is 45.2 Å². The highest BCUT2D eigenvalue weighted by atomic mass is 32.1. The fourth-order valence-electron chi connectivity index (χ4n) is 3.53. The summed E-state index contributed by atoms with van der Waals surface area (Å²) in [5, 5.41) is 4.13. The van der Waals surface area contributed by atoms with Crippen LogP contribution >= 0.6 is 11.3 Å². The van der Waals surface area contributed by atoms with Crippen molar-refractivity contribution in [1.82, 2.24) is 10.3 Å². The molecule has 1 aliphatic heterocycles. The molecule has 1 N–H and O–H groups in total. The van der Waals surface area contributed by atoms with E-state index < -0.39 is 0 Å². The molecule has 2 heterocycles. The van der Waals surface area contributed by atoms with E-state index in [9.17, 15) is 4.79 Å². The van der Waals surface area contributed by atoms with Crippen LogP contribution in [-0.4, -0.2) is 30.5 Å². The summed E-state index contributed by atoms with van der Waals surface area (Å²) in [6.45, 7) is 4.12. The maximum absolute atomic E-state index is 12.4. The van der Waals surface area contributed by atoms with Crippen molar-refractivity contribution in [3.8, 4) is 0 Å². The Labute approximate surface area is 157 Å². The molecule has 0 atom stereocenters. The summed E-state index contributed by atoms with van der Waals surface area (Å²) < 4.78 is 1.20. The van der Waals surface area contributed by atoms with E-state index in [1.54, 1.807) is 11.3 Å². The van der Waals surface area contributed by atoms with Crippen molar-refractivity contribution in [3.05, 3.63) is 58.6 Å². The number of nitrogens with zero attached hydrogens (tertiary/aromatic N) is 2. The van der Waals surface area contributed by atoms with E-state index in [4.69, 9.17) is 0 Å². The molecule has 0 radical (unpaired) electrons. The predicted octanol–water partition coefficient (Wildman–Crippen LogP) is 3.72. The fraction of sp³-hybridized carbons (Fsp3) is 0.333. The largest absolute Gasteiger partial charge is 0.362 e. The Morgan fingerprint density at radius 2 is 2.15 bits per heavy atom. The van der Waals surface area contributed by atoms with Crippen LogP contribution in [0.2, 0.25) is 0 Å². The molecule has 0 saturated heterocycles. The number of rotatable bonds is 5. The summed E-state index contributed by atoms with van der Waals surface area (Å²) >= 11 is 1.70. The second kappa shape index (κ2) is 7.46. The molecule has 0 unspecified atom stereocenters. The van der Waals surface area contributed by atoms with Crippen molar-refractivity contribution >= 4 is 33.1 Å². The van der Waals surface area contributed by atoms with Crippen molar-refractivity contribution in [2.24, 2.45) is 0 Å². The monoisotopic (exact) mass is 365 g/mol. The number of thiazole rings is 1. The van der Waals surface area contributed by atoms with Gasteiger partial charge in [0.25, 0.3) is 0 Å². The molecule has 134 valence electrons. The smallest absolute Gasteiger partial charge is 0.239 e. The summed E-state index contributed by atoms with van der Waals surface area (Å²) in [5.41, 5.74) is 4.90. The lowest BCUT2D eigenvalue weighted by Crippen LogP contribution is -2.40. The number of aryl methyl sites for hydroxylation is 2. The van der Waals surface area contributed by atoms with E-state index in [1.807, 2.05) is 18.2 Å². The average molecular weight is 366 g/mol. The van der Waals surface area contributed by atoms with Gasteiger partial charge in [0.05, 0.1) is 21.8 Å². The third-order valence-electron chi connectivity index (χ3n) is 4.78. The summed E-state index contributed by atoms with van der Waals surface area (Å²) in [6.07, 6.45) is 2.99.